The molecule has 18 heavy (non-hydrogen) atoms. The van der Waals surface area contributed by atoms with Crippen LogP contribution < -0.4 is 0 Å². The zero-order chi connectivity index (χ0) is 12.7. The lowest BCUT2D eigenvalue weighted by molar-refractivity contribution is -0.143. The lowest BCUT2D eigenvalue weighted by Crippen LogP contribution is -2.33. The zero-order valence-corrected chi connectivity index (χ0v) is 9.93. The summed E-state index contributed by atoms with van der Waals surface area (Å²) in [6.07, 6.45) is 3.36. The van der Waals surface area contributed by atoms with Crippen molar-refractivity contribution in [2.75, 3.05) is 0 Å². The van der Waals surface area contributed by atoms with Crippen LogP contribution >= 0.6 is 0 Å². The van der Waals surface area contributed by atoms with Gasteiger partial charge in [0.15, 0.2) is 5.78 Å². The second-order valence-electron chi connectivity index (χ2n) is 5.02. The van der Waals surface area contributed by atoms with Crippen molar-refractivity contribution in [2.45, 2.75) is 19.3 Å². The van der Waals surface area contributed by atoms with Gasteiger partial charge in [0, 0.05) is 6.42 Å². The first-order chi connectivity index (χ1) is 8.66. The number of hydrogen-bond donors (Lipinski definition) is 1. The van der Waals surface area contributed by atoms with E-state index in [1.54, 1.807) is 6.08 Å². The number of allylic oxidation sites excluding steroid dienone is 2. The van der Waals surface area contributed by atoms with E-state index in [0.29, 0.717) is 19.3 Å². The molecule has 0 saturated carbocycles. The van der Waals surface area contributed by atoms with E-state index >= 15 is 0 Å². The minimum absolute atomic E-state index is 0.00454. The van der Waals surface area contributed by atoms with Crippen molar-refractivity contribution in [3.8, 4) is 0 Å². The van der Waals surface area contributed by atoms with Crippen LogP contribution in [0.15, 0.2) is 30.3 Å². The number of rotatable bonds is 1. The van der Waals surface area contributed by atoms with Crippen molar-refractivity contribution in [3.63, 3.8) is 0 Å². The maximum Gasteiger partial charge on any atom is 0.307 e. The van der Waals surface area contributed by atoms with Gasteiger partial charge in [0.25, 0.3) is 0 Å². The summed E-state index contributed by atoms with van der Waals surface area (Å²) in [5.74, 6) is -1.04. The van der Waals surface area contributed by atoms with E-state index in [1.165, 1.54) is 0 Å². The maximum atomic E-state index is 11.6. The molecule has 3 nitrogen and oxygen atoms in total. The first kappa shape index (κ1) is 11.2. The molecule has 2 atom stereocenters. The predicted molar refractivity (Wildman–Crippen MR) is 67.0 cm³/mol. The summed E-state index contributed by atoms with van der Waals surface area (Å²) in [7, 11) is 0. The van der Waals surface area contributed by atoms with Gasteiger partial charge in [0.05, 0.1) is 5.92 Å². The molecule has 2 aliphatic carbocycles. The van der Waals surface area contributed by atoms with Gasteiger partial charge in [0.1, 0.15) is 0 Å². The second kappa shape index (κ2) is 4.09. The molecule has 0 amide bonds. The van der Waals surface area contributed by atoms with Gasteiger partial charge < -0.3 is 5.11 Å². The van der Waals surface area contributed by atoms with E-state index in [4.69, 9.17) is 0 Å². The van der Waals surface area contributed by atoms with Gasteiger partial charge in [-0.15, -0.1) is 0 Å². The minimum Gasteiger partial charge on any atom is -0.481 e. The highest BCUT2D eigenvalue weighted by atomic mass is 16.4. The first-order valence-corrected chi connectivity index (χ1v) is 6.22. The van der Waals surface area contributed by atoms with E-state index in [2.05, 4.69) is 0 Å². The van der Waals surface area contributed by atoms with Crippen LogP contribution in [0.25, 0.3) is 5.57 Å². The fourth-order valence-corrected chi connectivity index (χ4v) is 3.12. The standard InChI is InChI=1S/C15H14O3/c16-10-5-6-12-13(8-10)11-4-2-1-3-9(11)7-14(12)15(17)18/h1-4,8,12,14H,5-7H2,(H,17,18)/t12-,14+/m1/s1. The summed E-state index contributed by atoms with van der Waals surface area (Å²) in [5.41, 5.74) is 3.04. The van der Waals surface area contributed by atoms with E-state index in [1.807, 2.05) is 24.3 Å². The molecule has 0 fully saturated rings. The Morgan fingerprint density at radius 3 is 2.83 bits per heavy atom. The molecule has 2 aliphatic rings. The van der Waals surface area contributed by atoms with Crippen molar-refractivity contribution in [3.05, 3.63) is 41.5 Å². The Balaban J connectivity index is 2.15. The summed E-state index contributed by atoms with van der Waals surface area (Å²) in [6.45, 7) is 0. The van der Waals surface area contributed by atoms with Crippen LogP contribution in [0.5, 0.6) is 0 Å². The molecular formula is C15H14O3. The van der Waals surface area contributed by atoms with Crippen LogP contribution in [-0.4, -0.2) is 16.9 Å². The second-order valence-corrected chi connectivity index (χ2v) is 5.02. The smallest absolute Gasteiger partial charge is 0.307 e. The zero-order valence-electron chi connectivity index (χ0n) is 9.93. The molecule has 0 heterocycles. The van der Waals surface area contributed by atoms with Gasteiger partial charge in [0.2, 0.25) is 0 Å². The van der Waals surface area contributed by atoms with E-state index < -0.39 is 5.97 Å². The molecule has 0 spiro atoms. The summed E-state index contributed by atoms with van der Waals surface area (Å²) in [6, 6.07) is 7.81. The van der Waals surface area contributed by atoms with Crippen molar-refractivity contribution >= 4 is 17.3 Å². The number of benzene rings is 1. The largest absolute Gasteiger partial charge is 0.481 e. The number of hydrogen-bond acceptors (Lipinski definition) is 2. The topological polar surface area (TPSA) is 54.4 Å². The molecule has 0 saturated heterocycles. The Morgan fingerprint density at radius 1 is 1.28 bits per heavy atom. The summed E-state index contributed by atoms with van der Waals surface area (Å²) >= 11 is 0. The molecule has 3 rings (SSSR count). The van der Waals surface area contributed by atoms with Gasteiger partial charge in [-0.2, -0.15) is 0 Å². The summed E-state index contributed by atoms with van der Waals surface area (Å²) in [4.78, 5) is 23.0. The summed E-state index contributed by atoms with van der Waals surface area (Å²) in [5, 5.41) is 9.36. The Kier molecular flexibility index (Phi) is 2.54. The molecule has 0 radical (unpaired) electrons. The first-order valence-electron chi connectivity index (χ1n) is 6.22. The molecule has 0 bridgehead atoms. The van der Waals surface area contributed by atoms with Gasteiger partial charge in [-0.05, 0) is 41.5 Å². The van der Waals surface area contributed by atoms with Crippen LogP contribution in [0.2, 0.25) is 0 Å². The maximum absolute atomic E-state index is 11.6. The van der Waals surface area contributed by atoms with Gasteiger partial charge >= 0.3 is 5.97 Å². The van der Waals surface area contributed by atoms with Crippen molar-refractivity contribution in [1.82, 2.24) is 0 Å². The average molecular weight is 242 g/mol. The Hall–Kier alpha value is -1.90. The van der Waals surface area contributed by atoms with E-state index in [9.17, 15) is 14.7 Å². The number of carbonyl (C=O) groups excluding carboxylic acids is 1. The predicted octanol–water partition coefficient (Wildman–Crippen LogP) is 2.31. The quantitative estimate of drug-likeness (QED) is 0.822. The Morgan fingerprint density at radius 2 is 2.06 bits per heavy atom. The van der Waals surface area contributed by atoms with Crippen LogP contribution in [0.1, 0.15) is 24.0 Å². The molecule has 1 N–H and O–H groups in total. The number of ketones is 1. The SMILES string of the molecule is O=C1C=C2c3ccccc3C[C@H](C(=O)O)[C@@H]2CC1. The van der Waals surface area contributed by atoms with Crippen LogP contribution in [-0.2, 0) is 16.0 Å². The third-order valence-electron chi connectivity index (χ3n) is 3.99. The van der Waals surface area contributed by atoms with Gasteiger partial charge in [-0.3, -0.25) is 9.59 Å². The number of fused-ring (bicyclic) bond motifs is 3. The van der Waals surface area contributed by atoms with Crippen LogP contribution in [0.3, 0.4) is 0 Å². The third-order valence-corrected chi connectivity index (χ3v) is 3.99. The molecule has 1 aromatic rings. The summed E-state index contributed by atoms with van der Waals surface area (Å²) < 4.78 is 0. The third kappa shape index (κ3) is 1.67. The van der Waals surface area contributed by atoms with Crippen molar-refractivity contribution in [1.29, 1.82) is 0 Å². The lowest BCUT2D eigenvalue weighted by atomic mass is 9.68. The average Bonchev–Trinajstić information content (AvgIpc) is 2.37. The van der Waals surface area contributed by atoms with Gasteiger partial charge in [-0.25, -0.2) is 0 Å². The fraction of sp³-hybridized carbons (Fsp3) is 0.333. The van der Waals surface area contributed by atoms with E-state index in [-0.39, 0.29) is 17.6 Å². The molecule has 92 valence electrons. The highest BCUT2D eigenvalue weighted by Crippen LogP contribution is 2.43. The normalized spacial score (nSPS) is 26.0. The highest BCUT2D eigenvalue weighted by molar-refractivity contribution is 6.00. The minimum atomic E-state index is -0.755. The Bertz CT molecular complexity index is 557. The highest BCUT2D eigenvalue weighted by Gasteiger charge is 2.38. The number of carboxylic acids is 1. The molecule has 1 aromatic carbocycles. The molecule has 0 aliphatic heterocycles. The lowest BCUT2D eigenvalue weighted by Gasteiger charge is -2.35. The molecule has 0 aromatic heterocycles. The number of carbonyl (C=O) groups is 2. The molecule has 0 unspecified atom stereocenters. The van der Waals surface area contributed by atoms with Crippen molar-refractivity contribution < 1.29 is 14.7 Å². The van der Waals surface area contributed by atoms with Crippen molar-refractivity contribution in [2.24, 2.45) is 11.8 Å². The monoisotopic (exact) mass is 242 g/mol. The van der Waals surface area contributed by atoms with E-state index in [0.717, 1.165) is 16.7 Å². The van der Waals surface area contributed by atoms with Gasteiger partial charge in [-0.1, -0.05) is 24.3 Å². The van der Waals surface area contributed by atoms with Crippen LogP contribution in [0.4, 0.5) is 0 Å². The molecule has 3 heteroatoms. The van der Waals surface area contributed by atoms with Crippen LogP contribution in [0, 0.1) is 11.8 Å². The Labute approximate surface area is 105 Å². The number of carboxylic acid groups (broad SMARTS) is 1. The molecular weight excluding hydrogens is 228 g/mol. The number of aliphatic carboxylic acids is 1. The fourth-order valence-electron chi connectivity index (χ4n) is 3.12.